The van der Waals surface area contributed by atoms with Crippen molar-refractivity contribution in [2.75, 3.05) is 5.32 Å². The molecule has 2 rings (SSSR count). The molecule has 0 aliphatic carbocycles. The molecule has 2 N–H and O–H groups in total. The molecule has 0 atom stereocenters. The summed E-state index contributed by atoms with van der Waals surface area (Å²) in [7, 11) is 0. The van der Waals surface area contributed by atoms with E-state index in [9.17, 15) is 9.90 Å². The number of phenols is 1. The van der Waals surface area contributed by atoms with Crippen molar-refractivity contribution in [3.05, 3.63) is 59.1 Å². The van der Waals surface area contributed by atoms with Crippen LogP contribution >= 0.6 is 11.6 Å². The van der Waals surface area contributed by atoms with Gasteiger partial charge in [0, 0.05) is 11.8 Å². The summed E-state index contributed by atoms with van der Waals surface area (Å²) in [6.45, 7) is 3.71. The van der Waals surface area contributed by atoms with E-state index in [1.54, 1.807) is 12.1 Å². The van der Waals surface area contributed by atoms with E-state index in [0.717, 1.165) is 5.56 Å². The number of benzene rings is 2. The van der Waals surface area contributed by atoms with Crippen molar-refractivity contribution in [3.63, 3.8) is 0 Å². The Hall–Kier alpha value is -2.00. The van der Waals surface area contributed by atoms with Gasteiger partial charge in [-0.3, -0.25) is 4.79 Å². The Morgan fingerprint density at radius 2 is 1.80 bits per heavy atom. The minimum atomic E-state index is -0.670. The summed E-state index contributed by atoms with van der Waals surface area (Å²) >= 11 is 5.74. The number of hydrogen-bond acceptors (Lipinski definition) is 2. The van der Waals surface area contributed by atoms with E-state index in [1.165, 1.54) is 6.07 Å². The van der Waals surface area contributed by atoms with Crippen LogP contribution in [0.25, 0.3) is 0 Å². The first kappa shape index (κ1) is 14.4. The second-order valence-electron chi connectivity index (χ2n) is 5.11. The van der Waals surface area contributed by atoms with Gasteiger partial charge in [0.25, 0.3) is 0 Å². The Labute approximate surface area is 123 Å². The second-order valence-corrected chi connectivity index (χ2v) is 5.52. The second kappa shape index (κ2) is 5.55. The summed E-state index contributed by atoms with van der Waals surface area (Å²) in [4.78, 5) is 12.4. The van der Waals surface area contributed by atoms with Crippen LogP contribution in [0.1, 0.15) is 19.4 Å². The van der Waals surface area contributed by atoms with Crippen molar-refractivity contribution in [2.24, 2.45) is 0 Å². The molecule has 4 heteroatoms. The van der Waals surface area contributed by atoms with Gasteiger partial charge < -0.3 is 10.4 Å². The molecule has 3 nitrogen and oxygen atoms in total. The number of aromatic hydroxyl groups is 1. The molecule has 1 amide bonds. The average Bonchev–Trinajstić information content (AvgIpc) is 2.44. The van der Waals surface area contributed by atoms with Crippen LogP contribution < -0.4 is 5.32 Å². The third-order valence-electron chi connectivity index (χ3n) is 3.27. The number of carbonyl (C=O) groups is 1. The highest BCUT2D eigenvalue weighted by Gasteiger charge is 2.29. The van der Waals surface area contributed by atoms with E-state index in [4.69, 9.17) is 11.6 Å². The Balaban J connectivity index is 2.21. The summed E-state index contributed by atoms with van der Waals surface area (Å²) < 4.78 is 0. The molecule has 2 aromatic rings. The molecule has 20 heavy (non-hydrogen) atoms. The monoisotopic (exact) mass is 289 g/mol. The van der Waals surface area contributed by atoms with Crippen LogP contribution in [0.4, 0.5) is 5.69 Å². The molecule has 0 saturated carbocycles. The van der Waals surface area contributed by atoms with Crippen molar-refractivity contribution in [1.29, 1.82) is 0 Å². The Kier molecular flexibility index (Phi) is 4.00. The first-order chi connectivity index (χ1) is 9.41. The van der Waals surface area contributed by atoms with Crippen LogP contribution in [0.5, 0.6) is 5.75 Å². The quantitative estimate of drug-likeness (QED) is 0.898. The highest BCUT2D eigenvalue weighted by Crippen LogP contribution is 2.28. The van der Waals surface area contributed by atoms with Crippen LogP contribution in [-0.4, -0.2) is 11.0 Å². The lowest BCUT2D eigenvalue weighted by atomic mass is 9.83. The van der Waals surface area contributed by atoms with Gasteiger partial charge >= 0.3 is 0 Å². The normalized spacial score (nSPS) is 11.2. The molecule has 0 saturated heterocycles. The average molecular weight is 290 g/mol. The minimum Gasteiger partial charge on any atom is -0.506 e. The molecule has 104 valence electrons. The summed E-state index contributed by atoms with van der Waals surface area (Å²) in [5, 5.41) is 12.6. The van der Waals surface area contributed by atoms with Gasteiger partial charge in [0.15, 0.2) is 0 Å². The number of phenolic OH excluding ortho intramolecular Hbond substituents is 1. The molecule has 0 heterocycles. The van der Waals surface area contributed by atoms with Crippen molar-refractivity contribution in [3.8, 4) is 5.75 Å². The zero-order valence-corrected chi connectivity index (χ0v) is 12.1. The number of hydrogen-bond donors (Lipinski definition) is 2. The summed E-state index contributed by atoms with van der Waals surface area (Å²) in [6, 6.07) is 14.2. The molecular formula is C16H16ClNO2. The highest BCUT2D eigenvalue weighted by molar-refractivity contribution is 6.32. The molecular weight excluding hydrogens is 274 g/mol. The van der Waals surface area contributed by atoms with E-state index in [2.05, 4.69) is 5.32 Å². The fourth-order valence-corrected chi connectivity index (χ4v) is 1.98. The number of anilines is 1. The molecule has 0 radical (unpaired) electrons. The molecule has 0 aromatic heterocycles. The van der Waals surface area contributed by atoms with E-state index in [0.29, 0.717) is 5.69 Å². The van der Waals surface area contributed by atoms with Crippen molar-refractivity contribution in [2.45, 2.75) is 19.3 Å². The van der Waals surface area contributed by atoms with E-state index >= 15 is 0 Å². The van der Waals surface area contributed by atoms with Crippen molar-refractivity contribution >= 4 is 23.2 Å². The lowest BCUT2D eigenvalue weighted by Gasteiger charge is -2.24. The summed E-state index contributed by atoms with van der Waals surface area (Å²) in [6.07, 6.45) is 0. The molecule has 2 aromatic carbocycles. The smallest absolute Gasteiger partial charge is 0.234 e. The van der Waals surface area contributed by atoms with Crippen molar-refractivity contribution < 1.29 is 9.90 Å². The molecule has 0 bridgehead atoms. The topological polar surface area (TPSA) is 49.3 Å². The number of amides is 1. The van der Waals surface area contributed by atoms with Gasteiger partial charge in [-0.15, -0.1) is 0 Å². The van der Waals surface area contributed by atoms with Gasteiger partial charge in [-0.1, -0.05) is 41.9 Å². The maximum Gasteiger partial charge on any atom is 0.234 e. The van der Waals surface area contributed by atoms with Crippen LogP contribution in [0, 0.1) is 0 Å². The van der Waals surface area contributed by atoms with Gasteiger partial charge in [-0.05, 0) is 31.5 Å². The SMILES string of the molecule is CC(C)(C(=O)Nc1ccc(Cl)c(O)c1)c1ccccc1. The standard InChI is InChI=1S/C16H16ClNO2/c1-16(2,11-6-4-3-5-7-11)15(20)18-12-8-9-13(17)14(19)10-12/h3-10,19H,1-2H3,(H,18,20). The largest absolute Gasteiger partial charge is 0.506 e. The molecule has 0 aliphatic rings. The third-order valence-corrected chi connectivity index (χ3v) is 3.59. The fourth-order valence-electron chi connectivity index (χ4n) is 1.86. The number of carbonyl (C=O) groups excluding carboxylic acids is 1. The van der Waals surface area contributed by atoms with Crippen LogP contribution in [0.3, 0.4) is 0 Å². The third kappa shape index (κ3) is 2.94. The van der Waals surface area contributed by atoms with Gasteiger partial charge in [0.1, 0.15) is 5.75 Å². The molecule has 0 spiro atoms. The maximum atomic E-state index is 12.4. The molecule has 0 aliphatic heterocycles. The highest BCUT2D eigenvalue weighted by atomic mass is 35.5. The first-order valence-corrected chi connectivity index (χ1v) is 6.64. The van der Waals surface area contributed by atoms with Gasteiger partial charge in [-0.2, -0.15) is 0 Å². The fraction of sp³-hybridized carbons (Fsp3) is 0.188. The maximum absolute atomic E-state index is 12.4. The Bertz CT molecular complexity index is 624. The summed E-state index contributed by atoms with van der Waals surface area (Å²) in [5.41, 5.74) is 0.771. The van der Waals surface area contributed by atoms with Crippen LogP contribution in [0.15, 0.2) is 48.5 Å². The lowest BCUT2D eigenvalue weighted by Crippen LogP contribution is -2.34. The van der Waals surface area contributed by atoms with Gasteiger partial charge in [0.05, 0.1) is 10.4 Å². The predicted octanol–water partition coefficient (Wildman–Crippen LogP) is 3.96. The van der Waals surface area contributed by atoms with Gasteiger partial charge in [-0.25, -0.2) is 0 Å². The van der Waals surface area contributed by atoms with Crippen LogP contribution in [-0.2, 0) is 10.2 Å². The molecule has 0 fully saturated rings. The first-order valence-electron chi connectivity index (χ1n) is 6.27. The van der Waals surface area contributed by atoms with Crippen molar-refractivity contribution in [1.82, 2.24) is 0 Å². The Morgan fingerprint density at radius 3 is 2.40 bits per heavy atom. The van der Waals surface area contributed by atoms with E-state index < -0.39 is 5.41 Å². The minimum absolute atomic E-state index is 0.0537. The van der Waals surface area contributed by atoms with Crippen LogP contribution in [0.2, 0.25) is 5.02 Å². The van der Waals surface area contributed by atoms with E-state index in [-0.39, 0.29) is 16.7 Å². The molecule has 0 unspecified atom stereocenters. The van der Waals surface area contributed by atoms with E-state index in [1.807, 2.05) is 44.2 Å². The number of halogens is 1. The number of rotatable bonds is 3. The zero-order valence-electron chi connectivity index (χ0n) is 11.4. The number of nitrogens with one attached hydrogen (secondary N) is 1. The van der Waals surface area contributed by atoms with Gasteiger partial charge in [0.2, 0.25) is 5.91 Å². The lowest BCUT2D eigenvalue weighted by molar-refractivity contribution is -0.120. The predicted molar refractivity (Wildman–Crippen MR) is 81.2 cm³/mol. The summed E-state index contributed by atoms with van der Waals surface area (Å²) in [5.74, 6) is -0.201. The zero-order chi connectivity index (χ0) is 14.8. The Morgan fingerprint density at radius 1 is 1.15 bits per heavy atom.